The van der Waals surface area contributed by atoms with E-state index in [0.717, 1.165) is 11.1 Å². The van der Waals surface area contributed by atoms with Crippen LogP contribution in [0.3, 0.4) is 0 Å². The van der Waals surface area contributed by atoms with Crippen LogP contribution in [-0.4, -0.2) is 30.1 Å². The quantitative estimate of drug-likeness (QED) is 0.647. The Hall–Kier alpha value is -1.88. The van der Waals surface area contributed by atoms with Crippen molar-refractivity contribution >= 4 is 11.9 Å². The van der Waals surface area contributed by atoms with Crippen LogP contribution in [-0.2, 0) is 9.59 Å². The molecule has 0 saturated carbocycles. The van der Waals surface area contributed by atoms with Gasteiger partial charge in [0.25, 0.3) is 0 Å². The number of carboxylic acid groups (broad SMARTS) is 1. The van der Waals surface area contributed by atoms with Crippen LogP contribution >= 0.6 is 0 Å². The van der Waals surface area contributed by atoms with Gasteiger partial charge in [0.05, 0.1) is 0 Å². The summed E-state index contributed by atoms with van der Waals surface area (Å²) in [6.07, 6.45) is 0.690. The van der Waals surface area contributed by atoms with Crippen molar-refractivity contribution in [3.63, 3.8) is 0 Å². The van der Waals surface area contributed by atoms with E-state index in [1.807, 2.05) is 25.1 Å². The van der Waals surface area contributed by atoms with Gasteiger partial charge in [-0.1, -0.05) is 29.8 Å². The van der Waals surface area contributed by atoms with Crippen molar-refractivity contribution in [1.82, 2.24) is 10.6 Å². The molecule has 0 aliphatic heterocycles. The summed E-state index contributed by atoms with van der Waals surface area (Å²) in [5.74, 6) is -0.974. The summed E-state index contributed by atoms with van der Waals surface area (Å²) in [7, 11) is 0. The number of hydrogen-bond acceptors (Lipinski definition) is 3. The molecule has 0 bridgehead atoms. The van der Waals surface area contributed by atoms with Gasteiger partial charge in [0.15, 0.2) is 0 Å². The number of benzene rings is 1. The Balaban J connectivity index is 2.50. The third-order valence-electron chi connectivity index (χ3n) is 2.70. The van der Waals surface area contributed by atoms with Gasteiger partial charge in [-0.15, -0.1) is 0 Å². The summed E-state index contributed by atoms with van der Waals surface area (Å²) in [6.45, 7) is 4.47. The number of rotatable bonds is 7. The number of carbonyl (C=O) groups excluding carboxylic acids is 1. The van der Waals surface area contributed by atoms with Crippen molar-refractivity contribution in [2.45, 2.75) is 26.3 Å². The topological polar surface area (TPSA) is 78.4 Å². The summed E-state index contributed by atoms with van der Waals surface area (Å²) in [4.78, 5) is 21.9. The number of carboxylic acids is 1. The predicted molar refractivity (Wildman–Crippen MR) is 72.9 cm³/mol. The van der Waals surface area contributed by atoms with E-state index in [4.69, 9.17) is 0 Å². The molecule has 5 nitrogen and oxygen atoms in total. The SMILES string of the molecule is CC(=O)NCCCNC(C(=O)O)c1cccc(C)c1. The molecule has 0 spiro atoms. The maximum absolute atomic E-state index is 11.3. The van der Waals surface area contributed by atoms with Gasteiger partial charge < -0.3 is 15.7 Å². The second-order valence-electron chi connectivity index (χ2n) is 4.48. The van der Waals surface area contributed by atoms with Crippen molar-refractivity contribution in [2.75, 3.05) is 13.1 Å². The lowest BCUT2D eigenvalue weighted by molar-refractivity contribution is -0.139. The first-order valence-corrected chi connectivity index (χ1v) is 6.28. The maximum atomic E-state index is 11.3. The standard InChI is InChI=1S/C14H20N2O3/c1-10-5-3-6-12(9-10)13(14(18)19)16-8-4-7-15-11(2)17/h3,5-6,9,13,16H,4,7-8H2,1-2H3,(H,15,17)(H,18,19). The molecule has 5 heteroatoms. The molecular weight excluding hydrogens is 244 g/mol. The summed E-state index contributed by atoms with van der Waals surface area (Å²) < 4.78 is 0. The van der Waals surface area contributed by atoms with Crippen LogP contribution in [0.1, 0.15) is 30.5 Å². The highest BCUT2D eigenvalue weighted by Crippen LogP contribution is 2.14. The lowest BCUT2D eigenvalue weighted by atomic mass is 10.0. The molecule has 1 amide bonds. The summed E-state index contributed by atoms with van der Waals surface area (Å²) in [5.41, 5.74) is 1.77. The molecule has 0 aliphatic carbocycles. The minimum Gasteiger partial charge on any atom is -0.480 e. The molecular formula is C14H20N2O3. The zero-order chi connectivity index (χ0) is 14.3. The van der Waals surface area contributed by atoms with E-state index in [-0.39, 0.29) is 5.91 Å². The molecule has 0 radical (unpaired) electrons. The smallest absolute Gasteiger partial charge is 0.325 e. The van der Waals surface area contributed by atoms with Gasteiger partial charge in [0.1, 0.15) is 6.04 Å². The molecule has 104 valence electrons. The van der Waals surface area contributed by atoms with Crippen molar-refractivity contribution in [3.8, 4) is 0 Å². The molecule has 0 saturated heterocycles. The van der Waals surface area contributed by atoms with E-state index in [2.05, 4.69) is 10.6 Å². The zero-order valence-electron chi connectivity index (χ0n) is 11.3. The molecule has 0 aliphatic rings. The predicted octanol–water partition coefficient (Wildman–Crippen LogP) is 1.24. The number of aryl methyl sites for hydroxylation is 1. The summed E-state index contributed by atoms with van der Waals surface area (Å²) >= 11 is 0. The minimum atomic E-state index is -0.898. The second kappa shape index (κ2) is 7.53. The first kappa shape index (κ1) is 15.2. The van der Waals surface area contributed by atoms with Gasteiger partial charge in [-0.2, -0.15) is 0 Å². The van der Waals surface area contributed by atoms with Crippen molar-refractivity contribution in [2.24, 2.45) is 0 Å². The maximum Gasteiger partial charge on any atom is 0.325 e. The highest BCUT2D eigenvalue weighted by Gasteiger charge is 2.18. The Morgan fingerprint density at radius 2 is 2.05 bits per heavy atom. The van der Waals surface area contributed by atoms with E-state index < -0.39 is 12.0 Å². The lowest BCUT2D eigenvalue weighted by Crippen LogP contribution is -2.31. The fourth-order valence-electron chi connectivity index (χ4n) is 1.80. The van der Waals surface area contributed by atoms with Gasteiger partial charge in [0.2, 0.25) is 5.91 Å². The number of amides is 1. The van der Waals surface area contributed by atoms with E-state index in [9.17, 15) is 14.7 Å². The van der Waals surface area contributed by atoms with Crippen LogP contribution in [0.4, 0.5) is 0 Å². The molecule has 3 N–H and O–H groups in total. The van der Waals surface area contributed by atoms with Crippen molar-refractivity contribution in [1.29, 1.82) is 0 Å². The Morgan fingerprint density at radius 3 is 2.63 bits per heavy atom. The van der Waals surface area contributed by atoms with E-state index in [1.165, 1.54) is 6.92 Å². The van der Waals surface area contributed by atoms with E-state index in [0.29, 0.717) is 19.5 Å². The van der Waals surface area contributed by atoms with Crippen LogP contribution in [0.25, 0.3) is 0 Å². The molecule has 0 heterocycles. The highest BCUT2D eigenvalue weighted by atomic mass is 16.4. The monoisotopic (exact) mass is 264 g/mol. The van der Waals surface area contributed by atoms with Crippen molar-refractivity contribution < 1.29 is 14.7 Å². The van der Waals surface area contributed by atoms with Gasteiger partial charge in [0, 0.05) is 13.5 Å². The second-order valence-corrected chi connectivity index (χ2v) is 4.48. The summed E-state index contributed by atoms with van der Waals surface area (Å²) in [6, 6.07) is 6.72. The first-order chi connectivity index (χ1) is 9.00. The normalized spacial score (nSPS) is 11.9. The van der Waals surface area contributed by atoms with Gasteiger partial charge in [-0.25, -0.2) is 0 Å². The summed E-state index contributed by atoms with van der Waals surface area (Å²) in [5, 5.41) is 14.9. The average Bonchev–Trinajstić information content (AvgIpc) is 2.32. The molecule has 1 aromatic carbocycles. The molecule has 1 unspecified atom stereocenters. The molecule has 19 heavy (non-hydrogen) atoms. The van der Waals surface area contributed by atoms with Gasteiger partial charge in [-0.3, -0.25) is 9.59 Å². The Bertz CT molecular complexity index is 446. The number of carbonyl (C=O) groups is 2. The Kier molecular flexibility index (Phi) is 6.02. The highest BCUT2D eigenvalue weighted by molar-refractivity contribution is 5.75. The first-order valence-electron chi connectivity index (χ1n) is 6.28. The molecule has 0 aromatic heterocycles. The molecule has 1 atom stereocenters. The van der Waals surface area contributed by atoms with Crippen LogP contribution in [0.15, 0.2) is 24.3 Å². The van der Waals surface area contributed by atoms with Gasteiger partial charge in [-0.05, 0) is 25.5 Å². The molecule has 1 rings (SSSR count). The lowest BCUT2D eigenvalue weighted by Gasteiger charge is -2.15. The average molecular weight is 264 g/mol. The van der Waals surface area contributed by atoms with Crippen LogP contribution in [0.2, 0.25) is 0 Å². The number of aliphatic carboxylic acids is 1. The largest absolute Gasteiger partial charge is 0.480 e. The fraction of sp³-hybridized carbons (Fsp3) is 0.429. The zero-order valence-corrected chi connectivity index (χ0v) is 11.3. The van der Waals surface area contributed by atoms with Gasteiger partial charge >= 0.3 is 5.97 Å². The Labute approximate surface area is 113 Å². The van der Waals surface area contributed by atoms with Crippen molar-refractivity contribution in [3.05, 3.63) is 35.4 Å². The van der Waals surface area contributed by atoms with Crippen LogP contribution in [0, 0.1) is 6.92 Å². The van der Waals surface area contributed by atoms with Crippen LogP contribution in [0.5, 0.6) is 0 Å². The molecule has 0 fully saturated rings. The van der Waals surface area contributed by atoms with E-state index >= 15 is 0 Å². The number of hydrogen-bond donors (Lipinski definition) is 3. The minimum absolute atomic E-state index is 0.0755. The third-order valence-corrected chi connectivity index (χ3v) is 2.70. The molecule has 1 aromatic rings. The fourth-order valence-corrected chi connectivity index (χ4v) is 1.80. The van der Waals surface area contributed by atoms with E-state index in [1.54, 1.807) is 6.07 Å². The van der Waals surface area contributed by atoms with Crippen LogP contribution < -0.4 is 10.6 Å². The Morgan fingerprint density at radius 1 is 1.32 bits per heavy atom. The number of nitrogens with one attached hydrogen (secondary N) is 2. The third kappa shape index (κ3) is 5.52.